The standard InChI is InChI=1S/C18H23N7O/c1-14-21-15-7-3-4-8-16(15)24(14)12-11-19-17(26)18(9-5-2-6-10-18)25-13-20-22-23-25/h3-4,7-8,13H,2,5-6,9-12H2,1H3,(H,19,26). The number of para-hydroxylation sites is 2. The highest BCUT2D eigenvalue weighted by Gasteiger charge is 2.42. The van der Waals surface area contributed by atoms with E-state index >= 15 is 0 Å². The van der Waals surface area contributed by atoms with E-state index in [4.69, 9.17) is 0 Å². The molecule has 136 valence electrons. The van der Waals surface area contributed by atoms with Crippen molar-refractivity contribution in [2.45, 2.75) is 51.1 Å². The van der Waals surface area contributed by atoms with Crippen LogP contribution in [0.2, 0.25) is 0 Å². The van der Waals surface area contributed by atoms with Crippen molar-refractivity contribution < 1.29 is 4.79 Å². The molecule has 0 atom stereocenters. The minimum absolute atomic E-state index is 0.00609. The molecular weight excluding hydrogens is 330 g/mol. The van der Waals surface area contributed by atoms with E-state index in [0.29, 0.717) is 13.1 Å². The van der Waals surface area contributed by atoms with E-state index in [-0.39, 0.29) is 5.91 Å². The van der Waals surface area contributed by atoms with Gasteiger partial charge in [0.1, 0.15) is 17.7 Å². The lowest BCUT2D eigenvalue weighted by molar-refractivity contribution is -0.132. The van der Waals surface area contributed by atoms with Gasteiger partial charge in [-0.15, -0.1) is 5.10 Å². The molecule has 26 heavy (non-hydrogen) atoms. The molecule has 2 aromatic heterocycles. The van der Waals surface area contributed by atoms with Gasteiger partial charge in [0.05, 0.1) is 11.0 Å². The predicted molar refractivity (Wildman–Crippen MR) is 96.4 cm³/mol. The fourth-order valence-electron chi connectivity index (χ4n) is 3.98. The summed E-state index contributed by atoms with van der Waals surface area (Å²) < 4.78 is 3.78. The number of nitrogens with one attached hydrogen (secondary N) is 1. The minimum atomic E-state index is -0.659. The van der Waals surface area contributed by atoms with Crippen LogP contribution in [0, 0.1) is 6.92 Å². The number of carbonyl (C=O) groups is 1. The Kier molecular flexibility index (Phi) is 4.40. The maximum Gasteiger partial charge on any atom is 0.248 e. The lowest BCUT2D eigenvalue weighted by atomic mass is 9.81. The molecule has 0 saturated heterocycles. The summed E-state index contributed by atoms with van der Waals surface area (Å²) in [6.07, 6.45) is 6.28. The summed E-state index contributed by atoms with van der Waals surface area (Å²) in [6.45, 7) is 3.22. The number of hydrogen-bond donors (Lipinski definition) is 1. The molecule has 1 aliphatic rings. The third kappa shape index (κ3) is 2.85. The fourth-order valence-corrected chi connectivity index (χ4v) is 3.98. The SMILES string of the molecule is Cc1nc2ccccc2n1CCNC(=O)C1(n2cnnn2)CCCCC1. The largest absolute Gasteiger partial charge is 0.352 e. The second-order valence-electron chi connectivity index (χ2n) is 6.90. The molecule has 1 saturated carbocycles. The predicted octanol–water partition coefficient (Wildman–Crippen LogP) is 1.81. The highest BCUT2D eigenvalue weighted by molar-refractivity contribution is 5.84. The maximum atomic E-state index is 13.0. The molecule has 1 amide bonds. The quantitative estimate of drug-likeness (QED) is 0.755. The Hall–Kier alpha value is -2.77. The molecular formula is C18H23N7O. The fraction of sp³-hybridized carbons (Fsp3) is 0.500. The first kappa shape index (κ1) is 16.7. The summed E-state index contributed by atoms with van der Waals surface area (Å²) in [6, 6.07) is 8.06. The van der Waals surface area contributed by atoms with Crippen LogP contribution in [0.25, 0.3) is 11.0 Å². The number of benzene rings is 1. The normalized spacial score (nSPS) is 16.7. The van der Waals surface area contributed by atoms with Gasteiger partial charge in [0.25, 0.3) is 0 Å². The average Bonchev–Trinajstić information content (AvgIpc) is 3.31. The van der Waals surface area contributed by atoms with Crippen molar-refractivity contribution >= 4 is 16.9 Å². The van der Waals surface area contributed by atoms with Crippen LogP contribution in [-0.2, 0) is 16.9 Å². The minimum Gasteiger partial charge on any atom is -0.352 e. The number of carbonyl (C=O) groups excluding carboxylic acids is 1. The van der Waals surface area contributed by atoms with E-state index < -0.39 is 5.54 Å². The van der Waals surface area contributed by atoms with Gasteiger partial charge in [-0.2, -0.15) is 0 Å². The topological polar surface area (TPSA) is 90.5 Å². The molecule has 0 spiro atoms. The summed E-state index contributed by atoms with van der Waals surface area (Å²) in [5.74, 6) is 0.958. The number of fused-ring (bicyclic) bond motifs is 1. The number of nitrogens with zero attached hydrogens (tertiary/aromatic N) is 6. The summed E-state index contributed by atoms with van der Waals surface area (Å²) in [7, 11) is 0. The monoisotopic (exact) mass is 353 g/mol. The zero-order valence-electron chi connectivity index (χ0n) is 14.9. The maximum absolute atomic E-state index is 13.0. The van der Waals surface area contributed by atoms with Crippen molar-refractivity contribution in [1.82, 2.24) is 35.1 Å². The molecule has 1 N–H and O–H groups in total. The highest BCUT2D eigenvalue weighted by atomic mass is 16.2. The summed E-state index contributed by atoms with van der Waals surface area (Å²) >= 11 is 0. The van der Waals surface area contributed by atoms with E-state index in [2.05, 4.69) is 36.5 Å². The molecule has 4 rings (SSSR count). The Bertz CT molecular complexity index is 894. The molecule has 3 aromatic rings. The first-order valence-electron chi connectivity index (χ1n) is 9.14. The molecule has 1 aliphatic carbocycles. The van der Waals surface area contributed by atoms with Crippen molar-refractivity contribution in [3.05, 3.63) is 36.4 Å². The van der Waals surface area contributed by atoms with Gasteiger partial charge in [-0.05, 0) is 42.3 Å². The van der Waals surface area contributed by atoms with Crippen LogP contribution in [-0.4, -0.2) is 42.2 Å². The first-order chi connectivity index (χ1) is 12.7. The van der Waals surface area contributed by atoms with Crippen LogP contribution >= 0.6 is 0 Å². The van der Waals surface area contributed by atoms with Gasteiger partial charge in [0, 0.05) is 13.1 Å². The first-order valence-corrected chi connectivity index (χ1v) is 9.14. The smallest absolute Gasteiger partial charge is 0.248 e. The Morgan fingerprint density at radius 2 is 2.04 bits per heavy atom. The van der Waals surface area contributed by atoms with Gasteiger partial charge in [-0.1, -0.05) is 31.4 Å². The molecule has 8 nitrogen and oxygen atoms in total. The van der Waals surface area contributed by atoms with E-state index in [0.717, 1.165) is 49.0 Å². The van der Waals surface area contributed by atoms with Crippen molar-refractivity contribution in [2.75, 3.05) is 6.54 Å². The second-order valence-corrected chi connectivity index (χ2v) is 6.90. The van der Waals surface area contributed by atoms with Gasteiger partial charge in [-0.3, -0.25) is 4.79 Å². The van der Waals surface area contributed by atoms with Gasteiger partial charge in [-0.25, -0.2) is 9.67 Å². The third-order valence-electron chi connectivity index (χ3n) is 5.36. The Balaban J connectivity index is 1.48. The molecule has 0 unspecified atom stereocenters. The molecule has 0 bridgehead atoms. The van der Waals surface area contributed by atoms with Crippen LogP contribution < -0.4 is 5.32 Å². The van der Waals surface area contributed by atoms with E-state index in [1.165, 1.54) is 0 Å². The van der Waals surface area contributed by atoms with Crippen LogP contribution in [0.15, 0.2) is 30.6 Å². The number of aromatic nitrogens is 6. The molecule has 1 fully saturated rings. The molecule has 2 heterocycles. The Labute approximate surface area is 151 Å². The van der Waals surface area contributed by atoms with E-state index in [1.54, 1.807) is 11.0 Å². The van der Waals surface area contributed by atoms with Crippen molar-refractivity contribution in [2.24, 2.45) is 0 Å². The van der Waals surface area contributed by atoms with E-state index in [9.17, 15) is 4.79 Å². The van der Waals surface area contributed by atoms with Gasteiger partial charge in [0.15, 0.2) is 0 Å². The number of hydrogen-bond acceptors (Lipinski definition) is 5. The second kappa shape index (κ2) is 6.86. The van der Waals surface area contributed by atoms with Crippen molar-refractivity contribution in [1.29, 1.82) is 0 Å². The third-order valence-corrected chi connectivity index (χ3v) is 5.36. The number of tetrazole rings is 1. The summed E-state index contributed by atoms with van der Waals surface area (Å²) in [5.41, 5.74) is 1.41. The average molecular weight is 353 g/mol. The number of rotatable bonds is 5. The Morgan fingerprint density at radius 3 is 2.81 bits per heavy atom. The molecule has 0 aliphatic heterocycles. The lowest BCUT2D eigenvalue weighted by Crippen LogP contribution is -2.51. The number of amides is 1. The van der Waals surface area contributed by atoms with Gasteiger partial charge >= 0.3 is 0 Å². The van der Waals surface area contributed by atoms with Gasteiger partial charge in [0.2, 0.25) is 5.91 Å². The molecule has 8 heteroatoms. The lowest BCUT2D eigenvalue weighted by Gasteiger charge is -2.35. The number of imidazole rings is 1. The van der Waals surface area contributed by atoms with Crippen LogP contribution in [0.1, 0.15) is 37.9 Å². The van der Waals surface area contributed by atoms with Crippen molar-refractivity contribution in [3.63, 3.8) is 0 Å². The number of aryl methyl sites for hydroxylation is 1. The van der Waals surface area contributed by atoms with E-state index in [1.807, 2.05) is 25.1 Å². The van der Waals surface area contributed by atoms with Gasteiger partial charge < -0.3 is 9.88 Å². The van der Waals surface area contributed by atoms with Crippen LogP contribution in [0.4, 0.5) is 0 Å². The van der Waals surface area contributed by atoms with Crippen molar-refractivity contribution in [3.8, 4) is 0 Å². The zero-order valence-corrected chi connectivity index (χ0v) is 14.9. The Morgan fingerprint density at radius 1 is 1.23 bits per heavy atom. The van der Waals surface area contributed by atoms with Crippen LogP contribution in [0.3, 0.4) is 0 Å². The molecule has 1 aromatic carbocycles. The highest BCUT2D eigenvalue weighted by Crippen LogP contribution is 2.34. The van der Waals surface area contributed by atoms with Crippen LogP contribution in [0.5, 0.6) is 0 Å². The molecule has 0 radical (unpaired) electrons. The zero-order chi connectivity index (χ0) is 18.0. The summed E-state index contributed by atoms with van der Waals surface area (Å²) in [5, 5.41) is 14.6. The summed E-state index contributed by atoms with van der Waals surface area (Å²) in [4.78, 5) is 17.6.